The van der Waals surface area contributed by atoms with Gasteiger partial charge in [-0.2, -0.15) is 0 Å². The van der Waals surface area contributed by atoms with Gasteiger partial charge in [-0.1, -0.05) is 56.2 Å². The van der Waals surface area contributed by atoms with Crippen LogP contribution in [0.4, 0.5) is 5.82 Å². The Bertz CT molecular complexity index is 1120. The maximum absolute atomic E-state index is 13.5. The number of nitrogens with zero attached hydrogens (tertiary/aromatic N) is 4. The summed E-state index contributed by atoms with van der Waals surface area (Å²) in [6.07, 6.45) is 7.68. The third-order valence-corrected chi connectivity index (χ3v) is 7.14. The SMILES string of the molecule is CCCCCCN1C(=O)/C(=C\c2c(N3CCOCC3)nc3c(C)cccn3c2=O)SC1=S. The van der Waals surface area contributed by atoms with E-state index < -0.39 is 0 Å². The minimum absolute atomic E-state index is 0.127. The van der Waals surface area contributed by atoms with E-state index in [4.69, 9.17) is 21.9 Å². The Balaban J connectivity index is 1.74. The van der Waals surface area contributed by atoms with Gasteiger partial charge < -0.3 is 9.64 Å². The Morgan fingerprint density at radius 3 is 2.75 bits per heavy atom. The molecule has 0 atom stereocenters. The van der Waals surface area contributed by atoms with Crippen LogP contribution in [-0.4, -0.2) is 57.4 Å². The second kappa shape index (κ2) is 10.1. The van der Waals surface area contributed by atoms with Crippen molar-refractivity contribution in [2.24, 2.45) is 0 Å². The van der Waals surface area contributed by atoms with Crippen molar-refractivity contribution in [3.63, 3.8) is 0 Å². The minimum Gasteiger partial charge on any atom is -0.378 e. The lowest BCUT2D eigenvalue weighted by Gasteiger charge is -2.29. The van der Waals surface area contributed by atoms with Crippen LogP contribution in [0.3, 0.4) is 0 Å². The molecule has 2 aromatic heterocycles. The second-order valence-corrected chi connectivity index (χ2v) is 9.71. The highest BCUT2D eigenvalue weighted by Gasteiger charge is 2.32. The zero-order chi connectivity index (χ0) is 22.7. The van der Waals surface area contributed by atoms with Crippen molar-refractivity contribution in [3.05, 3.63) is 44.7 Å². The highest BCUT2D eigenvalue weighted by molar-refractivity contribution is 8.26. The number of hydrogen-bond donors (Lipinski definition) is 0. The number of unbranched alkanes of at least 4 members (excludes halogenated alkanes) is 3. The predicted octanol–water partition coefficient (Wildman–Crippen LogP) is 3.62. The Kier molecular flexibility index (Phi) is 7.27. The fourth-order valence-corrected chi connectivity index (χ4v) is 5.25. The first-order valence-electron chi connectivity index (χ1n) is 11.1. The molecule has 170 valence electrons. The normalized spacial score (nSPS) is 18.4. The number of amides is 1. The third-order valence-electron chi connectivity index (χ3n) is 5.76. The summed E-state index contributed by atoms with van der Waals surface area (Å²) in [5, 5.41) is 0. The predicted molar refractivity (Wildman–Crippen MR) is 133 cm³/mol. The van der Waals surface area contributed by atoms with Gasteiger partial charge in [-0.15, -0.1) is 0 Å². The van der Waals surface area contributed by atoms with Crippen molar-refractivity contribution >= 4 is 51.7 Å². The molecule has 0 saturated carbocycles. The van der Waals surface area contributed by atoms with E-state index in [0.717, 1.165) is 31.2 Å². The van der Waals surface area contributed by atoms with Crippen molar-refractivity contribution in [2.45, 2.75) is 39.5 Å². The van der Waals surface area contributed by atoms with Gasteiger partial charge in [-0.05, 0) is 31.1 Å². The molecule has 2 fully saturated rings. The lowest BCUT2D eigenvalue weighted by atomic mass is 10.2. The van der Waals surface area contributed by atoms with Gasteiger partial charge >= 0.3 is 0 Å². The first kappa shape index (κ1) is 22.9. The van der Waals surface area contributed by atoms with Crippen molar-refractivity contribution < 1.29 is 9.53 Å². The lowest BCUT2D eigenvalue weighted by Crippen LogP contribution is -2.38. The van der Waals surface area contributed by atoms with E-state index in [2.05, 4.69) is 11.8 Å². The molecule has 0 bridgehead atoms. The standard InChI is InChI=1S/C23H28N4O3S2/c1-3-4-5-6-9-27-22(29)18(32-23(27)31)15-17-20(25-11-13-30-14-12-25)24-19-16(2)8-7-10-26(19)21(17)28/h7-8,10,15H,3-6,9,11-14H2,1-2H3/b18-15+. The molecular formula is C23H28N4O3S2. The Hall–Kier alpha value is -2.23. The van der Waals surface area contributed by atoms with Crippen molar-refractivity contribution in [3.8, 4) is 0 Å². The van der Waals surface area contributed by atoms with Crippen LogP contribution in [-0.2, 0) is 9.53 Å². The largest absolute Gasteiger partial charge is 0.378 e. The number of thiocarbonyl (C=S) groups is 1. The van der Waals surface area contributed by atoms with Gasteiger partial charge in [-0.25, -0.2) is 4.98 Å². The van der Waals surface area contributed by atoms with E-state index in [-0.39, 0.29) is 11.5 Å². The van der Waals surface area contributed by atoms with E-state index in [1.54, 1.807) is 21.6 Å². The highest BCUT2D eigenvalue weighted by Crippen LogP contribution is 2.34. The van der Waals surface area contributed by atoms with Gasteiger partial charge in [0.05, 0.1) is 23.7 Å². The molecule has 2 aliphatic rings. The lowest BCUT2D eigenvalue weighted by molar-refractivity contribution is -0.122. The van der Waals surface area contributed by atoms with Gasteiger partial charge in [0.15, 0.2) is 0 Å². The molecule has 0 N–H and O–H groups in total. The summed E-state index contributed by atoms with van der Waals surface area (Å²) >= 11 is 6.74. The molecule has 0 unspecified atom stereocenters. The fourth-order valence-electron chi connectivity index (χ4n) is 3.96. The van der Waals surface area contributed by atoms with Gasteiger partial charge in [0.1, 0.15) is 15.8 Å². The van der Waals surface area contributed by atoms with Gasteiger partial charge in [0, 0.05) is 25.8 Å². The average molecular weight is 473 g/mol. The molecule has 0 spiro atoms. The topological polar surface area (TPSA) is 67.2 Å². The maximum atomic E-state index is 13.5. The molecule has 9 heteroatoms. The summed E-state index contributed by atoms with van der Waals surface area (Å²) in [6, 6.07) is 3.77. The summed E-state index contributed by atoms with van der Waals surface area (Å²) in [4.78, 5) is 35.6. The quantitative estimate of drug-likeness (QED) is 0.346. The van der Waals surface area contributed by atoms with E-state index >= 15 is 0 Å². The molecule has 2 saturated heterocycles. The molecule has 1 amide bonds. The van der Waals surface area contributed by atoms with Crippen LogP contribution >= 0.6 is 24.0 Å². The van der Waals surface area contributed by atoms with Crippen LogP contribution in [0, 0.1) is 6.92 Å². The third kappa shape index (κ3) is 4.60. The molecule has 0 aromatic carbocycles. The summed E-state index contributed by atoms with van der Waals surface area (Å²) in [5.41, 5.74) is 1.78. The average Bonchev–Trinajstić information content (AvgIpc) is 3.06. The van der Waals surface area contributed by atoms with E-state index in [9.17, 15) is 9.59 Å². The Morgan fingerprint density at radius 1 is 1.22 bits per heavy atom. The van der Waals surface area contributed by atoms with Crippen LogP contribution in [0.2, 0.25) is 0 Å². The molecule has 4 rings (SSSR count). The number of rotatable bonds is 7. The summed E-state index contributed by atoms with van der Waals surface area (Å²) in [5.74, 6) is 0.471. The number of anilines is 1. The number of fused-ring (bicyclic) bond motifs is 1. The number of pyridine rings is 1. The molecule has 7 nitrogen and oxygen atoms in total. The van der Waals surface area contributed by atoms with Crippen molar-refractivity contribution in [2.75, 3.05) is 37.7 Å². The minimum atomic E-state index is -0.187. The first-order valence-corrected chi connectivity index (χ1v) is 12.3. The van der Waals surface area contributed by atoms with Crippen LogP contribution in [0.5, 0.6) is 0 Å². The molecule has 32 heavy (non-hydrogen) atoms. The summed E-state index contributed by atoms with van der Waals surface area (Å²) < 4.78 is 7.59. The zero-order valence-corrected chi connectivity index (χ0v) is 20.1. The van der Waals surface area contributed by atoms with E-state index in [1.807, 2.05) is 19.1 Å². The summed E-state index contributed by atoms with van der Waals surface area (Å²) in [6.45, 7) is 7.16. The Morgan fingerprint density at radius 2 is 2.00 bits per heavy atom. The molecule has 0 aliphatic carbocycles. The smallest absolute Gasteiger partial charge is 0.267 e. The number of carbonyl (C=O) groups is 1. The van der Waals surface area contributed by atoms with Crippen molar-refractivity contribution in [1.29, 1.82) is 0 Å². The maximum Gasteiger partial charge on any atom is 0.267 e. The van der Waals surface area contributed by atoms with Gasteiger partial charge in [0.25, 0.3) is 11.5 Å². The number of ether oxygens (including phenoxy) is 1. The molecule has 4 heterocycles. The molecule has 2 aliphatic heterocycles. The monoisotopic (exact) mass is 472 g/mol. The fraction of sp³-hybridized carbons (Fsp3) is 0.478. The van der Waals surface area contributed by atoms with E-state index in [1.165, 1.54) is 11.8 Å². The van der Waals surface area contributed by atoms with Gasteiger partial charge in [-0.3, -0.25) is 18.9 Å². The summed E-state index contributed by atoms with van der Waals surface area (Å²) in [7, 11) is 0. The number of aryl methyl sites for hydroxylation is 1. The van der Waals surface area contributed by atoms with Crippen LogP contribution in [0.25, 0.3) is 11.7 Å². The molecular weight excluding hydrogens is 444 g/mol. The number of hydrogen-bond acceptors (Lipinski definition) is 7. The highest BCUT2D eigenvalue weighted by atomic mass is 32.2. The number of aromatic nitrogens is 2. The van der Waals surface area contributed by atoms with Gasteiger partial charge in [0.2, 0.25) is 0 Å². The van der Waals surface area contributed by atoms with Crippen LogP contribution < -0.4 is 10.5 Å². The second-order valence-electron chi connectivity index (χ2n) is 8.03. The van der Waals surface area contributed by atoms with Crippen LogP contribution in [0.15, 0.2) is 28.0 Å². The van der Waals surface area contributed by atoms with Crippen LogP contribution in [0.1, 0.15) is 43.7 Å². The number of thioether (sulfide) groups is 1. The Labute approximate surface area is 197 Å². The number of carbonyl (C=O) groups excluding carboxylic acids is 1. The number of morpholine rings is 1. The first-order chi connectivity index (χ1) is 15.5. The zero-order valence-electron chi connectivity index (χ0n) is 18.5. The molecule has 2 aromatic rings. The molecule has 0 radical (unpaired) electrons. The van der Waals surface area contributed by atoms with Crippen molar-refractivity contribution in [1.82, 2.24) is 14.3 Å². The van der Waals surface area contributed by atoms with E-state index in [0.29, 0.717) is 59.1 Å².